The van der Waals surface area contributed by atoms with E-state index in [9.17, 15) is 0 Å². The first-order chi connectivity index (χ1) is 13.3. The summed E-state index contributed by atoms with van der Waals surface area (Å²) in [5.74, 6) is 0.837. The van der Waals surface area contributed by atoms with Gasteiger partial charge in [0.15, 0.2) is 0 Å². The fraction of sp³-hybridized carbons (Fsp3) is 0.417. The summed E-state index contributed by atoms with van der Waals surface area (Å²) in [5, 5.41) is 1.22. The van der Waals surface area contributed by atoms with Crippen molar-refractivity contribution in [3.63, 3.8) is 0 Å². The average Bonchev–Trinajstić information content (AvgIpc) is 2.73. The molecule has 0 saturated carbocycles. The molecule has 1 aromatic carbocycles. The summed E-state index contributed by atoms with van der Waals surface area (Å²) >= 11 is 0. The van der Waals surface area contributed by atoms with E-state index >= 15 is 0 Å². The average molecular weight is 360 g/mol. The molecule has 4 rings (SSSR count). The van der Waals surface area contributed by atoms with E-state index in [1.807, 2.05) is 18.5 Å². The number of aromatic nitrogens is 2. The third-order valence-corrected chi connectivity index (χ3v) is 5.87. The molecule has 3 aromatic rings. The normalized spacial score (nSPS) is 16.0. The molecule has 0 atom stereocenters. The van der Waals surface area contributed by atoms with Crippen molar-refractivity contribution in [2.45, 2.75) is 39.0 Å². The number of fused-ring (bicyclic) bond motifs is 1. The van der Waals surface area contributed by atoms with Gasteiger partial charge in [0.25, 0.3) is 0 Å². The molecule has 0 unspecified atom stereocenters. The van der Waals surface area contributed by atoms with E-state index in [1.54, 1.807) is 0 Å². The molecule has 0 amide bonds. The van der Waals surface area contributed by atoms with Crippen LogP contribution in [0.1, 0.15) is 36.6 Å². The van der Waals surface area contributed by atoms with Gasteiger partial charge in [0.2, 0.25) is 0 Å². The summed E-state index contributed by atoms with van der Waals surface area (Å²) in [5.41, 5.74) is 5.03. The van der Waals surface area contributed by atoms with Gasteiger partial charge in [-0.05, 0) is 74.4 Å². The van der Waals surface area contributed by atoms with Gasteiger partial charge in [0, 0.05) is 30.0 Å². The number of hydrogen-bond acceptors (Lipinski definition) is 3. The molecule has 1 saturated heterocycles. The molecule has 0 radical (unpaired) electrons. The largest absolute Gasteiger partial charge is 0.303 e. The topological polar surface area (TPSA) is 29.0 Å². The molecular weight excluding hydrogens is 330 g/mol. The SMILES string of the molecule is CCc1nccc2ncc(CCN3CCC(Cc4ccccc4)CC3)cc12. The van der Waals surface area contributed by atoms with Crippen molar-refractivity contribution in [2.75, 3.05) is 19.6 Å². The maximum atomic E-state index is 4.65. The molecule has 0 aliphatic carbocycles. The monoisotopic (exact) mass is 359 g/mol. The van der Waals surface area contributed by atoms with E-state index in [4.69, 9.17) is 0 Å². The standard InChI is InChI=1S/C24H29N3/c1-2-23-22-17-21(18-26-24(22)8-12-25-23)11-15-27-13-9-20(10-14-27)16-19-6-4-3-5-7-19/h3-8,12,17-18,20H,2,9-11,13-16H2,1H3. The smallest absolute Gasteiger partial charge is 0.0735 e. The van der Waals surface area contributed by atoms with E-state index in [0.29, 0.717) is 0 Å². The number of likely N-dealkylation sites (tertiary alicyclic amines) is 1. The minimum Gasteiger partial charge on any atom is -0.303 e. The molecule has 0 N–H and O–H groups in total. The van der Waals surface area contributed by atoms with Gasteiger partial charge in [-0.25, -0.2) is 0 Å². The summed E-state index contributed by atoms with van der Waals surface area (Å²) in [6.45, 7) is 5.74. The maximum absolute atomic E-state index is 4.65. The molecule has 0 bridgehead atoms. The molecule has 1 fully saturated rings. The second kappa shape index (κ2) is 8.62. The van der Waals surface area contributed by atoms with Crippen LogP contribution in [-0.2, 0) is 19.3 Å². The zero-order valence-electron chi connectivity index (χ0n) is 16.3. The molecule has 0 spiro atoms. The number of pyridine rings is 2. The van der Waals surface area contributed by atoms with Gasteiger partial charge in [0.05, 0.1) is 5.52 Å². The van der Waals surface area contributed by atoms with Crippen molar-refractivity contribution < 1.29 is 0 Å². The summed E-state index contributed by atoms with van der Waals surface area (Å²) in [6.07, 6.45) is 9.80. The lowest BCUT2D eigenvalue weighted by molar-refractivity contribution is 0.186. The van der Waals surface area contributed by atoms with Gasteiger partial charge in [-0.2, -0.15) is 0 Å². The van der Waals surface area contributed by atoms with E-state index in [-0.39, 0.29) is 0 Å². The van der Waals surface area contributed by atoms with Crippen LogP contribution >= 0.6 is 0 Å². The third kappa shape index (κ3) is 4.54. The summed E-state index contributed by atoms with van der Waals surface area (Å²) in [4.78, 5) is 11.8. The fourth-order valence-electron chi connectivity index (χ4n) is 4.22. The Balaban J connectivity index is 1.30. The highest BCUT2D eigenvalue weighted by Crippen LogP contribution is 2.22. The molecule has 2 aromatic heterocycles. The van der Waals surface area contributed by atoms with Crippen LogP contribution in [0.2, 0.25) is 0 Å². The number of nitrogens with zero attached hydrogens (tertiary/aromatic N) is 3. The number of benzene rings is 1. The Labute approximate surface area is 162 Å². The zero-order chi connectivity index (χ0) is 18.5. The van der Waals surface area contributed by atoms with Crippen LogP contribution in [0.4, 0.5) is 0 Å². The molecule has 3 nitrogen and oxygen atoms in total. The van der Waals surface area contributed by atoms with Crippen molar-refractivity contribution in [3.05, 3.63) is 71.7 Å². The minimum atomic E-state index is 0.837. The predicted octanol–water partition coefficient (Wildman–Crippen LogP) is 4.69. The van der Waals surface area contributed by atoms with Crippen LogP contribution in [0.3, 0.4) is 0 Å². The lowest BCUT2D eigenvalue weighted by Crippen LogP contribution is -2.35. The predicted molar refractivity (Wildman–Crippen MR) is 112 cm³/mol. The quantitative estimate of drug-likeness (QED) is 0.639. The van der Waals surface area contributed by atoms with E-state index in [1.165, 1.54) is 48.9 Å². The van der Waals surface area contributed by atoms with Crippen molar-refractivity contribution in [1.29, 1.82) is 0 Å². The maximum Gasteiger partial charge on any atom is 0.0735 e. The molecule has 1 aliphatic rings. The van der Waals surface area contributed by atoms with Crippen molar-refractivity contribution in [2.24, 2.45) is 5.92 Å². The summed E-state index contributed by atoms with van der Waals surface area (Å²) < 4.78 is 0. The minimum absolute atomic E-state index is 0.837. The first-order valence-electron chi connectivity index (χ1n) is 10.3. The van der Waals surface area contributed by atoms with E-state index in [0.717, 1.165) is 36.5 Å². The van der Waals surface area contributed by atoms with E-state index < -0.39 is 0 Å². The first-order valence-corrected chi connectivity index (χ1v) is 10.3. The Kier molecular flexibility index (Phi) is 5.78. The molecule has 1 aliphatic heterocycles. The van der Waals surface area contributed by atoms with Gasteiger partial charge >= 0.3 is 0 Å². The number of piperidine rings is 1. The molecule has 140 valence electrons. The molecule has 3 heterocycles. The number of hydrogen-bond donors (Lipinski definition) is 0. The zero-order valence-corrected chi connectivity index (χ0v) is 16.3. The van der Waals surface area contributed by atoms with Gasteiger partial charge in [-0.15, -0.1) is 0 Å². The Morgan fingerprint density at radius 1 is 1.00 bits per heavy atom. The summed E-state index contributed by atoms with van der Waals surface area (Å²) in [7, 11) is 0. The lowest BCUT2D eigenvalue weighted by Gasteiger charge is -2.32. The van der Waals surface area contributed by atoms with Crippen LogP contribution in [0, 0.1) is 5.92 Å². The number of aryl methyl sites for hydroxylation is 1. The highest BCUT2D eigenvalue weighted by molar-refractivity contribution is 5.81. The molecule has 27 heavy (non-hydrogen) atoms. The second-order valence-corrected chi connectivity index (χ2v) is 7.75. The van der Waals surface area contributed by atoms with Gasteiger partial charge in [-0.1, -0.05) is 37.3 Å². The first kappa shape index (κ1) is 18.1. The highest BCUT2D eigenvalue weighted by atomic mass is 15.1. The van der Waals surface area contributed by atoms with E-state index in [2.05, 4.69) is 58.2 Å². The lowest BCUT2D eigenvalue weighted by atomic mass is 9.90. The second-order valence-electron chi connectivity index (χ2n) is 7.75. The highest BCUT2D eigenvalue weighted by Gasteiger charge is 2.19. The Morgan fingerprint density at radius 3 is 2.59 bits per heavy atom. The van der Waals surface area contributed by atoms with Gasteiger partial charge in [-0.3, -0.25) is 9.97 Å². The Hall–Kier alpha value is -2.26. The third-order valence-electron chi connectivity index (χ3n) is 5.87. The van der Waals surface area contributed by atoms with Crippen LogP contribution in [0.5, 0.6) is 0 Å². The van der Waals surface area contributed by atoms with Crippen molar-refractivity contribution >= 4 is 10.9 Å². The Bertz CT molecular complexity index is 867. The summed E-state index contributed by atoms with van der Waals surface area (Å²) in [6, 6.07) is 15.2. The number of rotatable bonds is 6. The van der Waals surface area contributed by atoms with Gasteiger partial charge < -0.3 is 4.90 Å². The van der Waals surface area contributed by atoms with Crippen LogP contribution < -0.4 is 0 Å². The van der Waals surface area contributed by atoms with Crippen molar-refractivity contribution in [1.82, 2.24) is 14.9 Å². The van der Waals surface area contributed by atoms with Crippen LogP contribution in [0.15, 0.2) is 54.9 Å². The molecular formula is C24H29N3. The van der Waals surface area contributed by atoms with Gasteiger partial charge in [0.1, 0.15) is 0 Å². The molecule has 3 heteroatoms. The Morgan fingerprint density at radius 2 is 1.81 bits per heavy atom. The van der Waals surface area contributed by atoms with Crippen molar-refractivity contribution in [3.8, 4) is 0 Å². The van der Waals surface area contributed by atoms with Crippen LogP contribution in [0.25, 0.3) is 10.9 Å². The fourth-order valence-corrected chi connectivity index (χ4v) is 4.22. The van der Waals surface area contributed by atoms with Crippen LogP contribution in [-0.4, -0.2) is 34.5 Å².